The van der Waals surface area contributed by atoms with E-state index in [9.17, 15) is 14.7 Å². The van der Waals surface area contributed by atoms with Gasteiger partial charge in [0.05, 0.1) is 44.6 Å². The zero-order valence-electron chi connectivity index (χ0n) is 26.3. The Morgan fingerprint density at radius 2 is 1.91 bits per heavy atom. The van der Waals surface area contributed by atoms with Crippen LogP contribution in [0.3, 0.4) is 0 Å². The fraction of sp³-hybridized carbons (Fsp3) is 0.353. The molecule has 6 rings (SSSR count). The standard InChI is InChI=1S/C34H35ClF2N6O3/c1-7-23(45)41-15-19(5)42-20(16-41)12-14-40(6)32-26-31(27(35)25(28(32)37)24-21(36)9-8-10-22(24)44)43(34(46)39-33(26)42)30-18(4)11-13-38-29(30)17(2)3/h7-11,13,17,19-20,44H,1,12,14-16H2,2-6H3. The van der Waals surface area contributed by atoms with Gasteiger partial charge >= 0.3 is 5.69 Å². The summed E-state index contributed by atoms with van der Waals surface area (Å²) in [6, 6.07) is 4.88. The maximum Gasteiger partial charge on any atom is 0.354 e. The largest absolute Gasteiger partial charge is 0.507 e. The maximum atomic E-state index is 17.1. The molecule has 0 aliphatic carbocycles. The third-order valence-electron chi connectivity index (χ3n) is 9.03. The fourth-order valence-corrected chi connectivity index (χ4v) is 7.31. The molecule has 2 aliphatic rings. The van der Waals surface area contributed by atoms with E-state index in [0.717, 1.165) is 6.07 Å². The normalized spacial score (nSPS) is 18.1. The summed E-state index contributed by atoms with van der Waals surface area (Å²) in [7, 11) is 1.71. The highest BCUT2D eigenvalue weighted by Gasteiger charge is 2.40. The number of carbonyl (C=O) groups excluding carboxylic acids is 1. The van der Waals surface area contributed by atoms with Crippen molar-refractivity contribution < 1.29 is 18.7 Å². The maximum absolute atomic E-state index is 17.1. The molecule has 46 heavy (non-hydrogen) atoms. The van der Waals surface area contributed by atoms with Crippen LogP contribution in [0.25, 0.3) is 27.7 Å². The van der Waals surface area contributed by atoms with Crippen molar-refractivity contribution in [1.82, 2.24) is 19.4 Å². The summed E-state index contributed by atoms with van der Waals surface area (Å²) < 4.78 is 33.9. The SMILES string of the molecule is C=CC(=O)N1CC(C)N2c3nc(=O)n(-c4c(C)ccnc4C(C)C)c4c(Cl)c(-c5c(O)cccc5F)c(F)c(c34)N(C)CCC2C1. The first-order valence-electron chi connectivity index (χ1n) is 15.2. The minimum Gasteiger partial charge on any atom is -0.507 e. The van der Waals surface area contributed by atoms with Crippen molar-refractivity contribution in [3.8, 4) is 22.6 Å². The van der Waals surface area contributed by atoms with Gasteiger partial charge in [0.2, 0.25) is 5.91 Å². The van der Waals surface area contributed by atoms with Crippen LogP contribution in [0.5, 0.6) is 5.75 Å². The van der Waals surface area contributed by atoms with Gasteiger partial charge < -0.3 is 19.8 Å². The average Bonchev–Trinajstić information content (AvgIpc) is 3.00. The van der Waals surface area contributed by atoms with E-state index >= 15 is 8.78 Å². The van der Waals surface area contributed by atoms with Gasteiger partial charge in [0.25, 0.3) is 0 Å². The molecule has 1 saturated heterocycles. The van der Waals surface area contributed by atoms with Gasteiger partial charge in [0, 0.05) is 44.5 Å². The fourth-order valence-electron chi connectivity index (χ4n) is 6.96. The highest BCUT2D eigenvalue weighted by Crippen LogP contribution is 2.50. The van der Waals surface area contributed by atoms with E-state index in [4.69, 9.17) is 11.6 Å². The molecule has 2 atom stereocenters. The van der Waals surface area contributed by atoms with Crippen molar-refractivity contribution in [3.05, 3.63) is 81.5 Å². The number of amides is 1. The lowest BCUT2D eigenvalue weighted by Crippen LogP contribution is -2.60. The number of aromatic hydroxyl groups is 1. The molecule has 1 amide bonds. The second-order valence-corrected chi connectivity index (χ2v) is 12.7. The summed E-state index contributed by atoms with van der Waals surface area (Å²) in [6.45, 7) is 12.3. The van der Waals surface area contributed by atoms with Crippen LogP contribution in [-0.4, -0.2) is 69.2 Å². The van der Waals surface area contributed by atoms with E-state index in [2.05, 4.69) is 16.5 Å². The predicted octanol–water partition coefficient (Wildman–Crippen LogP) is 5.95. The van der Waals surface area contributed by atoms with Crippen LogP contribution in [0.1, 0.15) is 44.4 Å². The summed E-state index contributed by atoms with van der Waals surface area (Å²) in [6.07, 6.45) is 3.43. The van der Waals surface area contributed by atoms with Crippen LogP contribution in [0.2, 0.25) is 5.02 Å². The number of nitrogens with zero attached hydrogens (tertiary/aromatic N) is 6. The van der Waals surface area contributed by atoms with Crippen LogP contribution in [0.4, 0.5) is 20.3 Å². The van der Waals surface area contributed by atoms with Crippen molar-refractivity contribution in [1.29, 1.82) is 0 Å². The van der Waals surface area contributed by atoms with Gasteiger partial charge in [-0.1, -0.05) is 38.1 Å². The van der Waals surface area contributed by atoms with Crippen molar-refractivity contribution >= 4 is 39.9 Å². The number of rotatable bonds is 4. The molecule has 1 N–H and O–H groups in total. The summed E-state index contributed by atoms with van der Waals surface area (Å²) in [4.78, 5) is 41.7. The Bertz CT molecular complexity index is 1960. The highest BCUT2D eigenvalue weighted by atomic mass is 35.5. The molecule has 4 aromatic rings. The number of benzene rings is 2. The summed E-state index contributed by atoms with van der Waals surface area (Å²) >= 11 is 7.17. The first-order chi connectivity index (χ1) is 21.9. The minimum absolute atomic E-state index is 0.0659. The number of halogens is 3. The third-order valence-corrected chi connectivity index (χ3v) is 9.40. The van der Waals surface area contributed by atoms with Crippen molar-refractivity contribution in [2.24, 2.45) is 0 Å². The van der Waals surface area contributed by atoms with Crippen LogP contribution in [0.15, 0.2) is 47.9 Å². The molecular weight excluding hydrogens is 614 g/mol. The molecule has 12 heteroatoms. The molecule has 1 fully saturated rings. The van der Waals surface area contributed by atoms with Crippen LogP contribution < -0.4 is 15.5 Å². The second-order valence-electron chi connectivity index (χ2n) is 12.3. The van der Waals surface area contributed by atoms with Gasteiger partial charge in [0.15, 0.2) is 5.82 Å². The number of aryl methyl sites for hydroxylation is 1. The van der Waals surface area contributed by atoms with Gasteiger partial charge in [-0.15, -0.1) is 0 Å². The first-order valence-corrected chi connectivity index (χ1v) is 15.6. The molecule has 2 unspecified atom stereocenters. The molecule has 2 aromatic heterocycles. The highest BCUT2D eigenvalue weighted by molar-refractivity contribution is 6.39. The van der Waals surface area contributed by atoms with Crippen LogP contribution >= 0.6 is 11.6 Å². The smallest absolute Gasteiger partial charge is 0.354 e. The summed E-state index contributed by atoms with van der Waals surface area (Å²) in [5.74, 6) is -2.33. The minimum atomic E-state index is -0.874. The van der Waals surface area contributed by atoms with Gasteiger partial charge in [0.1, 0.15) is 17.4 Å². The Labute approximate surface area is 270 Å². The molecule has 0 spiro atoms. The van der Waals surface area contributed by atoms with Gasteiger partial charge in [-0.05, 0) is 56.0 Å². The molecular formula is C34H35ClF2N6O3. The quantitative estimate of drug-likeness (QED) is 0.274. The second kappa shape index (κ2) is 11.7. The number of anilines is 2. The van der Waals surface area contributed by atoms with Crippen LogP contribution in [0, 0.1) is 18.6 Å². The topological polar surface area (TPSA) is 94.8 Å². The Morgan fingerprint density at radius 1 is 1.17 bits per heavy atom. The van der Waals surface area contributed by atoms with E-state index < -0.39 is 28.6 Å². The van der Waals surface area contributed by atoms with Gasteiger partial charge in [-0.2, -0.15) is 4.98 Å². The number of hydrogen-bond donors (Lipinski definition) is 1. The average molecular weight is 649 g/mol. The number of hydrogen-bond acceptors (Lipinski definition) is 7. The summed E-state index contributed by atoms with van der Waals surface area (Å²) in [5, 5.41) is 10.8. The summed E-state index contributed by atoms with van der Waals surface area (Å²) in [5.41, 5.74) is 0.476. The zero-order chi connectivity index (χ0) is 33.2. The predicted molar refractivity (Wildman–Crippen MR) is 176 cm³/mol. The number of carbonyl (C=O) groups is 1. The van der Waals surface area contributed by atoms with E-state index in [1.54, 1.807) is 29.1 Å². The zero-order valence-corrected chi connectivity index (χ0v) is 27.1. The molecule has 0 saturated carbocycles. The van der Waals surface area contributed by atoms with E-state index in [-0.39, 0.29) is 56.9 Å². The van der Waals surface area contributed by atoms with Crippen LogP contribution in [-0.2, 0) is 4.79 Å². The first kappa shape index (κ1) is 31.5. The lowest BCUT2D eigenvalue weighted by atomic mass is 9.95. The van der Waals surface area contributed by atoms with E-state index in [1.807, 2.05) is 32.6 Å². The number of piperazine rings is 1. The molecule has 4 heterocycles. The van der Waals surface area contributed by atoms with Crippen molar-refractivity contribution in [2.45, 2.75) is 52.1 Å². The number of phenols is 1. The molecule has 2 aromatic carbocycles. The molecule has 0 bridgehead atoms. The monoisotopic (exact) mass is 648 g/mol. The Hall–Kier alpha value is -4.51. The Balaban J connectivity index is 1.82. The van der Waals surface area contributed by atoms with Gasteiger partial charge in [-0.25, -0.2) is 13.6 Å². The number of phenolic OH excluding ortho intramolecular Hbond substituents is 1. The molecule has 240 valence electrons. The molecule has 2 aliphatic heterocycles. The Morgan fingerprint density at radius 3 is 2.59 bits per heavy atom. The van der Waals surface area contributed by atoms with E-state index in [0.29, 0.717) is 43.0 Å². The van der Waals surface area contributed by atoms with E-state index in [1.165, 1.54) is 22.8 Å². The number of pyridine rings is 1. The lowest BCUT2D eigenvalue weighted by Gasteiger charge is -2.48. The number of fused-ring (bicyclic) bond motifs is 2. The third kappa shape index (κ3) is 4.79. The van der Waals surface area contributed by atoms with Crippen molar-refractivity contribution in [2.75, 3.05) is 36.5 Å². The lowest BCUT2D eigenvalue weighted by molar-refractivity contribution is -0.127. The Kier molecular flexibility index (Phi) is 8.00. The number of aromatic nitrogens is 3. The van der Waals surface area contributed by atoms with Gasteiger partial charge in [-0.3, -0.25) is 14.3 Å². The molecule has 9 nitrogen and oxygen atoms in total. The molecule has 0 radical (unpaired) electrons. The van der Waals surface area contributed by atoms with Crippen molar-refractivity contribution in [3.63, 3.8) is 0 Å².